The summed E-state index contributed by atoms with van der Waals surface area (Å²) in [5.41, 5.74) is 0.598. The average molecular weight is 168 g/mol. The van der Waals surface area contributed by atoms with Gasteiger partial charge < -0.3 is 4.74 Å². The molecule has 2 fully saturated rings. The summed E-state index contributed by atoms with van der Waals surface area (Å²) in [6.45, 7) is 5.72. The Morgan fingerprint density at radius 2 is 2.00 bits per heavy atom. The van der Waals surface area contributed by atoms with Gasteiger partial charge in [0, 0.05) is 6.61 Å². The van der Waals surface area contributed by atoms with E-state index in [-0.39, 0.29) is 0 Å². The van der Waals surface area contributed by atoms with E-state index in [4.69, 9.17) is 4.74 Å². The van der Waals surface area contributed by atoms with Crippen molar-refractivity contribution in [3.05, 3.63) is 0 Å². The van der Waals surface area contributed by atoms with Crippen molar-refractivity contribution >= 4 is 0 Å². The minimum atomic E-state index is 0.598. The van der Waals surface area contributed by atoms with Gasteiger partial charge in [-0.25, -0.2) is 0 Å². The van der Waals surface area contributed by atoms with Crippen LogP contribution >= 0.6 is 0 Å². The van der Waals surface area contributed by atoms with Crippen molar-refractivity contribution in [2.75, 3.05) is 6.61 Å². The molecule has 0 aromatic heterocycles. The van der Waals surface area contributed by atoms with Gasteiger partial charge in [-0.2, -0.15) is 0 Å². The Morgan fingerprint density at radius 3 is 2.42 bits per heavy atom. The molecule has 0 aromatic carbocycles. The van der Waals surface area contributed by atoms with Crippen LogP contribution in [0, 0.1) is 11.3 Å². The second kappa shape index (κ2) is 3.02. The summed E-state index contributed by atoms with van der Waals surface area (Å²) in [7, 11) is 0. The molecule has 1 nitrogen and oxygen atoms in total. The first-order valence-electron chi connectivity index (χ1n) is 5.37. The third-order valence-corrected chi connectivity index (χ3v) is 3.80. The topological polar surface area (TPSA) is 9.23 Å². The molecule has 0 N–H and O–H groups in total. The highest BCUT2D eigenvalue weighted by Crippen LogP contribution is 2.57. The summed E-state index contributed by atoms with van der Waals surface area (Å²) >= 11 is 0. The molecule has 1 heteroatoms. The zero-order valence-electron chi connectivity index (χ0n) is 8.31. The van der Waals surface area contributed by atoms with Gasteiger partial charge in [-0.05, 0) is 43.4 Å². The third kappa shape index (κ3) is 1.28. The fourth-order valence-corrected chi connectivity index (χ4v) is 2.61. The molecule has 2 rings (SSSR count). The maximum atomic E-state index is 5.87. The predicted molar refractivity (Wildman–Crippen MR) is 50.1 cm³/mol. The Bertz CT molecular complexity index is 152. The highest BCUT2D eigenvalue weighted by molar-refractivity contribution is 5.02. The molecule has 1 unspecified atom stereocenters. The van der Waals surface area contributed by atoms with Gasteiger partial charge in [-0.3, -0.25) is 0 Å². The van der Waals surface area contributed by atoms with Crippen LogP contribution in [-0.4, -0.2) is 12.7 Å². The lowest BCUT2D eigenvalue weighted by Gasteiger charge is -2.33. The van der Waals surface area contributed by atoms with E-state index in [9.17, 15) is 0 Å². The molecule has 0 amide bonds. The van der Waals surface area contributed by atoms with E-state index < -0.39 is 0 Å². The molecule has 0 radical (unpaired) electrons. The van der Waals surface area contributed by atoms with E-state index in [2.05, 4.69) is 13.8 Å². The van der Waals surface area contributed by atoms with Gasteiger partial charge in [0.1, 0.15) is 0 Å². The van der Waals surface area contributed by atoms with Crippen molar-refractivity contribution in [1.82, 2.24) is 0 Å². The van der Waals surface area contributed by atoms with Crippen LogP contribution < -0.4 is 0 Å². The second-order valence-corrected chi connectivity index (χ2v) is 4.74. The molecule has 1 heterocycles. The minimum Gasteiger partial charge on any atom is -0.378 e. The molecule has 70 valence electrons. The lowest BCUT2D eigenvalue weighted by Crippen LogP contribution is -2.32. The van der Waals surface area contributed by atoms with Crippen LogP contribution in [-0.2, 0) is 4.74 Å². The fourth-order valence-electron chi connectivity index (χ4n) is 2.61. The minimum absolute atomic E-state index is 0.598. The number of rotatable bonds is 2. The molecule has 0 aromatic rings. The first kappa shape index (κ1) is 8.55. The summed E-state index contributed by atoms with van der Waals surface area (Å²) in [6, 6.07) is 0. The van der Waals surface area contributed by atoms with Crippen molar-refractivity contribution in [1.29, 1.82) is 0 Å². The Balaban J connectivity index is 1.97. The molecule has 1 saturated carbocycles. The lowest BCUT2D eigenvalue weighted by molar-refractivity contribution is -0.0447. The van der Waals surface area contributed by atoms with E-state index >= 15 is 0 Å². The van der Waals surface area contributed by atoms with Gasteiger partial charge in [-0.15, -0.1) is 0 Å². The smallest absolute Gasteiger partial charge is 0.0633 e. The fraction of sp³-hybridized carbons (Fsp3) is 1.00. The summed E-state index contributed by atoms with van der Waals surface area (Å²) in [6.07, 6.45) is 7.42. The number of hydrogen-bond acceptors (Lipinski definition) is 1. The van der Waals surface area contributed by atoms with Crippen LogP contribution in [0.4, 0.5) is 0 Å². The molecule has 0 bridgehead atoms. The summed E-state index contributed by atoms with van der Waals surface area (Å²) in [5, 5.41) is 0. The van der Waals surface area contributed by atoms with Gasteiger partial charge in [0.05, 0.1) is 6.10 Å². The van der Waals surface area contributed by atoms with Crippen molar-refractivity contribution in [2.45, 2.75) is 52.1 Å². The van der Waals surface area contributed by atoms with Crippen LogP contribution in [0.5, 0.6) is 0 Å². The van der Waals surface area contributed by atoms with E-state index in [1.165, 1.54) is 32.1 Å². The van der Waals surface area contributed by atoms with Gasteiger partial charge in [0.15, 0.2) is 0 Å². The Labute approximate surface area is 75.5 Å². The molecular weight excluding hydrogens is 148 g/mol. The van der Waals surface area contributed by atoms with Crippen molar-refractivity contribution in [3.8, 4) is 0 Å². The molecule has 1 aliphatic heterocycles. The first-order chi connectivity index (χ1) is 5.76. The second-order valence-electron chi connectivity index (χ2n) is 4.74. The summed E-state index contributed by atoms with van der Waals surface area (Å²) in [5.74, 6) is 0.820. The SMILES string of the molecule is CC(C)C1(C2CCCCO2)CC1. The van der Waals surface area contributed by atoms with E-state index in [0.717, 1.165) is 12.5 Å². The van der Waals surface area contributed by atoms with Crippen molar-refractivity contribution < 1.29 is 4.74 Å². The van der Waals surface area contributed by atoms with Crippen LogP contribution in [0.2, 0.25) is 0 Å². The van der Waals surface area contributed by atoms with Gasteiger partial charge in [0.25, 0.3) is 0 Å². The van der Waals surface area contributed by atoms with Gasteiger partial charge in [-0.1, -0.05) is 13.8 Å². The van der Waals surface area contributed by atoms with Crippen LogP contribution in [0.25, 0.3) is 0 Å². The molecule has 1 aliphatic carbocycles. The summed E-state index contributed by atoms with van der Waals surface area (Å²) in [4.78, 5) is 0. The largest absolute Gasteiger partial charge is 0.378 e. The maximum absolute atomic E-state index is 5.87. The van der Waals surface area contributed by atoms with E-state index in [1.54, 1.807) is 0 Å². The zero-order valence-corrected chi connectivity index (χ0v) is 8.31. The highest BCUT2D eigenvalue weighted by atomic mass is 16.5. The molecule has 1 saturated heterocycles. The number of hydrogen-bond donors (Lipinski definition) is 0. The maximum Gasteiger partial charge on any atom is 0.0633 e. The molecular formula is C11H20O. The standard InChI is InChI=1S/C11H20O/c1-9(2)11(6-7-11)10-5-3-4-8-12-10/h9-10H,3-8H2,1-2H3. The Morgan fingerprint density at radius 1 is 1.25 bits per heavy atom. The van der Waals surface area contributed by atoms with Gasteiger partial charge in [0.2, 0.25) is 0 Å². The van der Waals surface area contributed by atoms with E-state index in [0.29, 0.717) is 11.5 Å². The quantitative estimate of drug-likeness (QED) is 0.616. The van der Waals surface area contributed by atoms with E-state index in [1.807, 2.05) is 0 Å². The molecule has 2 aliphatic rings. The van der Waals surface area contributed by atoms with Crippen LogP contribution in [0.3, 0.4) is 0 Å². The van der Waals surface area contributed by atoms with Crippen molar-refractivity contribution in [3.63, 3.8) is 0 Å². The average Bonchev–Trinajstić information content (AvgIpc) is 2.86. The summed E-state index contributed by atoms with van der Waals surface area (Å²) < 4.78 is 5.87. The zero-order chi connectivity index (χ0) is 8.60. The Kier molecular flexibility index (Phi) is 2.16. The number of ether oxygens (including phenoxy) is 1. The van der Waals surface area contributed by atoms with Gasteiger partial charge >= 0.3 is 0 Å². The predicted octanol–water partition coefficient (Wildman–Crippen LogP) is 2.99. The lowest BCUT2D eigenvalue weighted by atomic mass is 9.83. The van der Waals surface area contributed by atoms with Crippen LogP contribution in [0.1, 0.15) is 46.0 Å². The first-order valence-corrected chi connectivity index (χ1v) is 5.37. The Hall–Kier alpha value is -0.0400. The molecule has 12 heavy (non-hydrogen) atoms. The normalized spacial score (nSPS) is 33.8. The molecule has 0 spiro atoms. The molecule has 1 atom stereocenters. The monoisotopic (exact) mass is 168 g/mol. The third-order valence-electron chi connectivity index (χ3n) is 3.80. The highest BCUT2D eigenvalue weighted by Gasteiger charge is 2.52. The van der Waals surface area contributed by atoms with Crippen molar-refractivity contribution in [2.24, 2.45) is 11.3 Å². The van der Waals surface area contributed by atoms with Crippen LogP contribution in [0.15, 0.2) is 0 Å².